The van der Waals surface area contributed by atoms with Crippen molar-refractivity contribution in [3.63, 3.8) is 0 Å². The average Bonchev–Trinajstić information content (AvgIpc) is 2.88. The number of ketones is 1. The summed E-state index contributed by atoms with van der Waals surface area (Å²) < 4.78 is 7.20. The Kier molecular flexibility index (Phi) is 3.53. The molecule has 0 amide bonds. The van der Waals surface area contributed by atoms with Gasteiger partial charge in [-0.3, -0.25) is 9.48 Å². The Balaban J connectivity index is 2.15. The molecule has 1 heterocycles. The topological polar surface area (TPSA) is 44.1 Å². The Morgan fingerprint density at radius 2 is 1.90 bits per heavy atom. The number of rotatable bonds is 3. The molecule has 2 aromatic rings. The van der Waals surface area contributed by atoms with Gasteiger partial charge in [-0.25, -0.2) is 0 Å². The molecule has 0 saturated heterocycles. The van der Waals surface area contributed by atoms with Crippen LogP contribution in [0.5, 0.6) is 5.75 Å². The van der Waals surface area contributed by atoms with Crippen molar-refractivity contribution in [2.45, 2.75) is 39.2 Å². The second-order valence-corrected chi connectivity index (χ2v) is 5.71. The molecule has 1 aliphatic rings. The van der Waals surface area contributed by atoms with Gasteiger partial charge in [0.05, 0.1) is 18.4 Å². The van der Waals surface area contributed by atoms with Gasteiger partial charge in [0, 0.05) is 18.0 Å². The van der Waals surface area contributed by atoms with Crippen LogP contribution in [-0.2, 0) is 6.42 Å². The van der Waals surface area contributed by atoms with Crippen LogP contribution in [0.2, 0.25) is 0 Å². The number of nitrogens with zero attached hydrogens (tertiary/aromatic N) is 2. The van der Waals surface area contributed by atoms with E-state index in [0.29, 0.717) is 6.42 Å². The molecule has 0 fully saturated rings. The Labute approximate surface area is 124 Å². The van der Waals surface area contributed by atoms with Crippen LogP contribution in [0, 0.1) is 0 Å². The first kappa shape index (κ1) is 13.9. The molecule has 0 spiro atoms. The first-order valence-electron chi connectivity index (χ1n) is 7.41. The maximum absolute atomic E-state index is 12.4. The molecule has 110 valence electrons. The molecule has 0 radical (unpaired) electrons. The van der Waals surface area contributed by atoms with Crippen LogP contribution < -0.4 is 4.74 Å². The third kappa shape index (κ3) is 2.35. The van der Waals surface area contributed by atoms with Crippen molar-refractivity contribution in [1.82, 2.24) is 9.78 Å². The van der Waals surface area contributed by atoms with Crippen LogP contribution in [0.1, 0.15) is 48.8 Å². The van der Waals surface area contributed by atoms with Gasteiger partial charge < -0.3 is 4.74 Å². The molecule has 1 aromatic carbocycles. The highest BCUT2D eigenvalue weighted by Crippen LogP contribution is 2.33. The summed E-state index contributed by atoms with van der Waals surface area (Å²) in [5, 5.41) is 4.72. The predicted octanol–water partition coefficient (Wildman–Crippen LogP) is 3.66. The smallest absolute Gasteiger partial charge is 0.166 e. The van der Waals surface area contributed by atoms with Gasteiger partial charge in [-0.2, -0.15) is 5.10 Å². The van der Waals surface area contributed by atoms with Crippen molar-refractivity contribution < 1.29 is 9.53 Å². The summed E-state index contributed by atoms with van der Waals surface area (Å²) in [4.78, 5) is 12.4. The van der Waals surface area contributed by atoms with Gasteiger partial charge in [0.15, 0.2) is 5.78 Å². The molecule has 21 heavy (non-hydrogen) atoms. The number of methoxy groups -OCH3 is 1. The first-order valence-corrected chi connectivity index (χ1v) is 7.41. The summed E-state index contributed by atoms with van der Waals surface area (Å²) in [6.45, 7) is 4.20. The number of aromatic nitrogens is 2. The number of carbonyl (C=O) groups is 1. The lowest BCUT2D eigenvalue weighted by Gasteiger charge is -2.15. The normalized spacial score (nSPS) is 14.4. The van der Waals surface area contributed by atoms with E-state index in [1.807, 2.05) is 28.9 Å². The van der Waals surface area contributed by atoms with Crippen LogP contribution in [0.25, 0.3) is 11.3 Å². The molecule has 0 atom stereocenters. The van der Waals surface area contributed by atoms with Crippen LogP contribution in [0.4, 0.5) is 0 Å². The SMILES string of the molecule is COc1ccc(-c2nn(C(C)C)c3c2C(=O)CCC3)cc1. The van der Waals surface area contributed by atoms with Crippen LogP contribution in [-0.4, -0.2) is 22.7 Å². The van der Waals surface area contributed by atoms with E-state index in [9.17, 15) is 4.79 Å². The minimum absolute atomic E-state index is 0.217. The Hall–Kier alpha value is -2.10. The van der Waals surface area contributed by atoms with Crippen molar-refractivity contribution in [3.05, 3.63) is 35.5 Å². The van der Waals surface area contributed by atoms with Crippen LogP contribution in [0.15, 0.2) is 24.3 Å². The third-order valence-corrected chi connectivity index (χ3v) is 3.96. The van der Waals surface area contributed by atoms with Crippen molar-refractivity contribution in [2.75, 3.05) is 7.11 Å². The zero-order chi connectivity index (χ0) is 15.0. The molecule has 1 aliphatic carbocycles. The summed E-state index contributed by atoms with van der Waals surface area (Å²) in [5.41, 5.74) is 3.69. The number of carbonyl (C=O) groups excluding carboxylic acids is 1. The largest absolute Gasteiger partial charge is 0.497 e. The predicted molar refractivity (Wildman–Crippen MR) is 81.9 cm³/mol. The molecule has 0 unspecified atom stereocenters. The summed E-state index contributed by atoms with van der Waals surface area (Å²) in [7, 11) is 1.65. The van der Waals surface area contributed by atoms with Crippen molar-refractivity contribution in [2.24, 2.45) is 0 Å². The summed E-state index contributed by atoms with van der Waals surface area (Å²) in [6, 6.07) is 8.01. The fraction of sp³-hybridized carbons (Fsp3) is 0.412. The molecule has 3 rings (SSSR count). The molecule has 0 N–H and O–H groups in total. The zero-order valence-corrected chi connectivity index (χ0v) is 12.7. The molecule has 1 aromatic heterocycles. The molecular weight excluding hydrogens is 264 g/mol. The molecule has 0 aliphatic heterocycles. The second kappa shape index (κ2) is 5.35. The van der Waals surface area contributed by atoms with Crippen molar-refractivity contribution >= 4 is 5.78 Å². The van der Waals surface area contributed by atoms with E-state index >= 15 is 0 Å². The van der Waals surface area contributed by atoms with E-state index in [4.69, 9.17) is 9.84 Å². The fourth-order valence-corrected chi connectivity index (χ4v) is 2.92. The van der Waals surface area contributed by atoms with Crippen LogP contribution in [0.3, 0.4) is 0 Å². The standard InChI is InChI=1S/C17H20N2O2/c1-11(2)19-14-5-4-6-15(20)16(14)17(18-19)12-7-9-13(21-3)10-8-12/h7-11H,4-6H2,1-3H3. The lowest BCUT2D eigenvalue weighted by molar-refractivity contribution is 0.0972. The highest BCUT2D eigenvalue weighted by atomic mass is 16.5. The second-order valence-electron chi connectivity index (χ2n) is 5.71. The Morgan fingerprint density at radius 1 is 1.19 bits per heavy atom. The van der Waals surface area contributed by atoms with E-state index in [1.165, 1.54) is 0 Å². The highest BCUT2D eigenvalue weighted by molar-refractivity contribution is 6.03. The summed E-state index contributed by atoms with van der Waals surface area (Å²) in [5.74, 6) is 1.02. The monoisotopic (exact) mass is 284 g/mol. The number of Topliss-reactive ketones (excluding diaryl/α,β-unsaturated/α-hetero) is 1. The maximum Gasteiger partial charge on any atom is 0.166 e. The number of fused-ring (bicyclic) bond motifs is 1. The number of benzene rings is 1. The number of hydrogen-bond donors (Lipinski definition) is 0. The lowest BCUT2D eigenvalue weighted by atomic mass is 9.92. The molecule has 4 nitrogen and oxygen atoms in total. The molecule has 4 heteroatoms. The Morgan fingerprint density at radius 3 is 2.52 bits per heavy atom. The van der Waals surface area contributed by atoms with Gasteiger partial charge in [-0.15, -0.1) is 0 Å². The van der Waals surface area contributed by atoms with E-state index in [0.717, 1.165) is 41.1 Å². The van der Waals surface area contributed by atoms with E-state index in [1.54, 1.807) is 7.11 Å². The summed E-state index contributed by atoms with van der Waals surface area (Å²) in [6.07, 6.45) is 2.48. The van der Waals surface area contributed by atoms with Gasteiger partial charge in [-0.05, 0) is 51.0 Å². The first-order chi connectivity index (χ1) is 10.1. The molecule has 0 saturated carbocycles. The van der Waals surface area contributed by atoms with Crippen molar-refractivity contribution in [3.8, 4) is 17.0 Å². The van der Waals surface area contributed by atoms with Gasteiger partial charge in [0.25, 0.3) is 0 Å². The van der Waals surface area contributed by atoms with Crippen molar-refractivity contribution in [1.29, 1.82) is 0 Å². The third-order valence-electron chi connectivity index (χ3n) is 3.96. The number of hydrogen-bond acceptors (Lipinski definition) is 3. The van der Waals surface area contributed by atoms with Gasteiger partial charge in [-0.1, -0.05) is 0 Å². The van der Waals surface area contributed by atoms with Crippen LogP contribution >= 0.6 is 0 Å². The average molecular weight is 284 g/mol. The van der Waals surface area contributed by atoms with Gasteiger partial charge in [0.1, 0.15) is 11.4 Å². The van der Waals surface area contributed by atoms with E-state index < -0.39 is 0 Å². The highest BCUT2D eigenvalue weighted by Gasteiger charge is 2.28. The summed E-state index contributed by atoms with van der Waals surface area (Å²) >= 11 is 0. The quantitative estimate of drug-likeness (QED) is 0.864. The van der Waals surface area contributed by atoms with Gasteiger partial charge in [0.2, 0.25) is 0 Å². The Bertz CT molecular complexity index is 669. The minimum Gasteiger partial charge on any atom is -0.497 e. The number of ether oxygens (including phenoxy) is 1. The van der Waals surface area contributed by atoms with E-state index in [-0.39, 0.29) is 11.8 Å². The molecule has 0 bridgehead atoms. The molecular formula is C17H20N2O2. The minimum atomic E-state index is 0.217. The van der Waals surface area contributed by atoms with Gasteiger partial charge >= 0.3 is 0 Å². The lowest BCUT2D eigenvalue weighted by Crippen LogP contribution is -2.15. The maximum atomic E-state index is 12.4. The van der Waals surface area contributed by atoms with E-state index in [2.05, 4.69) is 13.8 Å². The fourth-order valence-electron chi connectivity index (χ4n) is 2.92. The zero-order valence-electron chi connectivity index (χ0n) is 12.7.